The second-order valence-corrected chi connectivity index (χ2v) is 9.54. The average molecular weight is 392 g/mol. The molecular formula is C21H28O7. The third-order valence-corrected chi connectivity index (χ3v) is 8.43. The minimum atomic E-state index is -3.70. The van der Waals surface area contributed by atoms with Crippen LogP contribution in [0.3, 0.4) is 0 Å². The Kier molecular flexibility index (Phi) is 4.15. The molecule has 7 atom stereocenters. The molecule has 1 unspecified atom stereocenters. The van der Waals surface area contributed by atoms with Gasteiger partial charge in [-0.05, 0) is 62.0 Å². The molecule has 0 saturated heterocycles. The highest BCUT2D eigenvalue weighted by Gasteiger charge is 2.72. The lowest BCUT2D eigenvalue weighted by atomic mass is 9.47. The van der Waals surface area contributed by atoms with Crippen molar-refractivity contribution in [2.24, 2.45) is 28.6 Å². The van der Waals surface area contributed by atoms with Crippen LogP contribution in [0.2, 0.25) is 0 Å². The van der Waals surface area contributed by atoms with Crippen LogP contribution in [0, 0.1) is 28.6 Å². The zero-order valence-electron chi connectivity index (χ0n) is 16.1. The van der Waals surface area contributed by atoms with Crippen molar-refractivity contribution in [2.45, 2.75) is 63.6 Å². The Labute approximate surface area is 163 Å². The van der Waals surface area contributed by atoms with Gasteiger partial charge in [-0.2, -0.15) is 0 Å². The van der Waals surface area contributed by atoms with Crippen molar-refractivity contribution in [1.82, 2.24) is 0 Å². The second kappa shape index (κ2) is 5.83. The first-order chi connectivity index (χ1) is 12.9. The van der Waals surface area contributed by atoms with E-state index in [1.54, 1.807) is 19.1 Å². The second-order valence-electron chi connectivity index (χ2n) is 9.54. The summed E-state index contributed by atoms with van der Waals surface area (Å²) in [6.45, 7) is 3.81. The maximum atomic E-state index is 12.5. The van der Waals surface area contributed by atoms with E-state index in [0.717, 1.165) is 18.4 Å². The fourth-order valence-corrected chi connectivity index (χ4v) is 6.88. The number of aliphatic hydroxyl groups excluding tert-OH is 1. The van der Waals surface area contributed by atoms with Crippen LogP contribution in [-0.4, -0.2) is 54.8 Å². The number of aliphatic hydroxyl groups is 5. The van der Waals surface area contributed by atoms with Crippen molar-refractivity contribution in [1.29, 1.82) is 0 Å². The molecule has 0 aliphatic heterocycles. The lowest BCUT2D eigenvalue weighted by molar-refractivity contribution is -0.304. The van der Waals surface area contributed by atoms with Crippen LogP contribution in [0.5, 0.6) is 0 Å². The van der Waals surface area contributed by atoms with E-state index in [9.17, 15) is 35.1 Å². The van der Waals surface area contributed by atoms with Gasteiger partial charge in [-0.15, -0.1) is 0 Å². The summed E-state index contributed by atoms with van der Waals surface area (Å²) in [6, 6.07) is 0. The third-order valence-electron chi connectivity index (χ3n) is 8.43. The fraction of sp³-hybridized carbons (Fsp3) is 0.714. The topological polar surface area (TPSA) is 135 Å². The van der Waals surface area contributed by atoms with Gasteiger partial charge in [-0.3, -0.25) is 9.59 Å². The standard InChI is InChI=1S/C21H28O7/c1-18-7-5-12(22)9-11(18)3-4-13-14(18)6-8-19(2)15(13)10-16(23)20(19,25)17(24)21(26,27)28/h5,7,9,13-16,23,25-28H,3-4,6,8,10H2,1-2H3/t13-,14+,15+,16?,18+,19+,20+/m1/s1. The van der Waals surface area contributed by atoms with Gasteiger partial charge >= 0.3 is 5.97 Å². The molecule has 4 aliphatic carbocycles. The van der Waals surface area contributed by atoms with Gasteiger partial charge in [0.1, 0.15) is 0 Å². The number of carbonyl (C=O) groups excluding carboxylic acids is 2. The Morgan fingerprint density at radius 1 is 1.18 bits per heavy atom. The Balaban J connectivity index is 1.73. The minimum absolute atomic E-state index is 0.00647. The SMILES string of the molecule is C[C@]12C=CC(=O)C=C1CC[C@@H]1[C@@H]2CC[C@@]2(C)[C@H]1CC(O)[C@]2(O)C(=O)C(O)(O)O. The van der Waals surface area contributed by atoms with E-state index < -0.39 is 28.9 Å². The Bertz CT molecular complexity index is 793. The van der Waals surface area contributed by atoms with Gasteiger partial charge in [-0.1, -0.05) is 25.5 Å². The normalized spacial score (nSPS) is 47.8. The van der Waals surface area contributed by atoms with E-state index in [0.29, 0.717) is 12.8 Å². The van der Waals surface area contributed by atoms with E-state index in [1.165, 1.54) is 0 Å². The maximum Gasteiger partial charge on any atom is 0.342 e. The van der Waals surface area contributed by atoms with Gasteiger partial charge in [-0.25, -0.2) is 0 Å². The molecule has 4 aliphatic rings. The number of carbonyl (C=O) groups is 2. The molecule has 5 N–H and O–H groups in total. The van der Waals surface area contributed by atoms with Gasteiger partial charge in [0.05, 0.1) is 6.10 Å². The number of fused-ring (bicyclic) bond motifs is 5. The lowest BCUT2D eigenvalue weighted by Gasteiger charge is -2.57. The maximum absolute atomic E-state index is 12.5. The molecule has 7 nitrogen and oxygen atoms in total. The first kappa shape index (κ1) is 19.9. The zero-order valence-corrected chi connectivity index (χ0v) is 16.1. The highest BCUT2D eigenvalue weighted by Crippen LogP contribution is 2.67. The van der Waals surface area contributed by atoms with E-state index in [-0.39, 0.29) is 35.4 Å². The summed E-state index contributed by atoms with van der Waals surface area (Å²) in [5.74, 6) is -5.20. The number of hydrogen-bond donors (Lipinski definition) is 5. The van der Waals surface area contributed by atoms with Crippen LogP contribution in [-0.2, 0) is 9.59 Å². The monoisotopic (exact) mass is 392 g/mol. The molecule has 0 aromatic heterocycles. The van der Waals surface area contributed by atoms with E-state index in [2.05, 4.69) is 6.92 Å². The lowest BCUT2D eigenvalue weighted by Crippen LogP contribution is -2.65. The summed E-state index contributed by atoms with van der Waals surface area (Å²) in [5, 5.41) is 50.1. The molecule has 3 saturated carbocycles. The van der Waals surface area contributed by atoms with Crippen LogP contribution >= 0.6 is 0 Å². The van der Waals surface area contributed by atoms with Crippen LogP contribution < -0.4 is 0 Å². The summed E-state index contributed by atoms with van der Waals surface area (Å²) >= 11 is 0. The molecule has 0 amide bonds. The fourth-order valence-electron chi connectivity index (χ4n) is 6.88. The van der Waals surface area contributed by atoms with Gasteiger partial charge in [0.2, 0.25) is 0 Å². The van der Waals surface area contributed by atoms with Crippen LogP contribution in [0.4, 0.5) is 0 Å². The summed E-state index contributed by atoms with van der Waals surface area (Å²) in [5.41, 5.74) is -2.69. The molecule has 7 heteroatoms. The molecule has 0 aromatic carbocycles. The highest BCUT2D eigenvalue weighted by molar-refractivity contribution is 6.01. The van der Waals surface area contributed by atoms with Crippen LogP contribution in [0.25, 0.3) is 0 Å². The summed E-state index contributed by atoms with van der Waals surface area (Å²) in [7, 11) is 0. The smallest absolute Gasteiger partial charge is 0.342 e. The molecule has 0 aromatic rings. The third kappa shape index (κ3) is 2.34. The van der Waals surface area contributed by atoms with Crippen molar-refractivity contribution in [3.8, 4) is 0 Å². The van der Waals surface area contributed by atoms with Crippen molar-refractivity contribution in [3.05, 3.63) is 23.8 Å². The van der Waals surface area contributed by atoms with Crippen molar-refractivity contribution in [2.75, 3.05) is 0 Å². The number of rotatable bonds is 2. The summed E-state index contributed by atoms with van der Waals surface area (Å²) in [4.78, 5) is 24.3. The van der Waals surface area contributed by atoms with Gasteiger partial charge in [0.25, 0.3) is 5.78 Å². The van der Waals surface area contributed by atoms with E-state index in [1.807, 2.05) is 6.08 Å². The predicted octanol–water partition coefficient (Wildman–Crippen LogP) is 0.196. The van der Waals surface area contributed by atoms with E-state index in [4.69, 9.17) is 0 Å². The summed E-state index contributed by atoms with van der Waals surface area (Å²) < 4.78 is 0. The van der Waals surface area contributed by atoms with Crippen molar-refractivity contribution in [3.63, 3.8) is 0 Å². The quantitative estimate of drug-likeness (QED) is 0.424. The summed E-state index contributed by atoms with van der Waals surface area (Å²) in [6.07, 6.45) is 6.47. The average Bonchev–Trinajstić information content (AvgIpc) is 2.82. The largest absolute Gasteiger partial charge is 0.390 e. The Morgan fingerprint density at radius 3 is 2.50 bits per heavy atom. The Hall–Kier alpha value is -1.38. The Morgan fingerprint density at radius 2 is 1.86 bits per heavy atom. The predicted molar refractivity (Wildman–Crippen MR) is 97.4 cm³/mol. The van der Waals surface area contributed by atoms with Gasteiger partial charge in [0, 0.05) is 10.8 Å². The molecular weight excluding hydrogens is 364 g/mol. The zero-order chi connectivity index (χ0) is 20.7. The molecule has 3 fully saturated rings. The van der Waals surface area contributed by atoms with Gasteiger partial charge < -0.3 is 25.5 Å². The molecule has 0 bridgehead atoms. The van der Waals surface area contributed by atoms with Crippen molar-refractivity contribution >= 4 is 11.6 Å². The number of hydrogen-bond acceptors (Lipinski definition) is 7. The number of Topliss-reactive ketones (excluding diaryl/α,β-unsaturated/α-hetero) is 1. The van der Waals surface area contributed by atoms with Gasteiger partial charge in [0.15, 0.2) is 11.4 Å². The molecule has 28 heavy (non-hydrogen) atoms. The minimum Gasteiger partial charge on any atom is -0.390 e. The first-order valence-electron chi connectivity index (χ1n) is 9.92. The molecule has 0 spiro atoms. The first-order valence-corrected chi connectivity index (χ1v) is 9.92. The van der Waals surface area contributed by atoms with Crippen LogP contribution in [0.1, 0.15) is 46.0 Å². The molecule has 154 valence electrons. The molecule has 0 heterocycles. The highest BCUT2D eigenvalue weighted by atomic mass is 16.7. The number of ketones is 2. The number of allylic oxidation sites excluding steroid dienone is 4. The van der Waals surface area contributed by atoms with Crippen LogP contribution in [0.15, 0.2) is 23.8 Å². The van der Waals surface area contributed by atoms with E-state index >= 15 is 0 Å². The molecule has 4 rings (SSSR count). The molecule has 0 radical (unpaired) electrons. The van der Waals surface area contributed by atoms with Crippen molar-refractivity contribution < 1.29 is 35.1 Å².